The summed E-state index contributed by atoms with van der Waals surface area (Å²) in [5.74, 6) is 0.946. The number of hydrogen-bond acceptors (Lipinski definition) is 4. The summed E-state index contributed by atoms with van der Waals surface area (Å²) in [4.78, 5) is 19.4. The Morgan fingerprint density at radius 3 is 2.41 bits per heavy atom. The number of nitrogens with zero attached hydrogens (tertiary/aromatic N) is 3. The number of piperazine rings is 1. The van der Waals surface area contributed by atoms with Crippen LogP contribution >= 0.6 is 11.6 Å². The first-order valence-electron chi connectivity index (χ1n) is 9.40. The monoisotopic (exact) mass is 385 g/mol. The van der Waals surface area contributed by atoms with Crippen LogP contribution in [0.4, 0.5) is 5.69 Å². The first-order valence-corrected chi connectivity index (χ1v) is 9.78. The molecular weight excluding hydrogens is 362 g/mol. The van der Waals surface area contributed by atoms with Gasteiger partial charge in [-0.25, -0.2) is 0 Å². The van der Waals surface area contributed by atoms with Crippen molar-refractivity contribution in [3.05, 3.63) is 59.1 Å². The standard InChI is InChI=1S/C21H24ClN3O2/c22-18-7-5-17(6-8-18)15-23-9-11-24(12-10-23)16-21(26)25-13-14-27-20-4-2-1-3-19(20)25/h1-8H,9-16H2. The van der Waals surface area contributed by atoms with E-state index in [1.165, 1.54) is 5.56 Å². The van der Waals surface area contributed by atoms with Gasteiger partial charge in [0.15, 0.2) is 0 Å². The number of amides is 1. The fourth-order valence-corrected chi connectivity index (χ4v) is 3.78. The van der Waals surface area contributed by atoms with Gasteiger partial charge in [0.05, 0.1) is 18.8 Å². The third-order valence-corrected chi connectivity index (χ3v) is 5.42. The number of rotatable bonds is 4. The summed E-state index contributed by atoms with van der Waals surface area (Å²) in [7, 11) is 0. The first-order chi connectivity index (χ1) is 13.2. The van der Waals surface area contributed by atoms with E-state index in [9.17, 15) is 4.79 Å². The Morgan fingerprint density at radius 2 is 1.63 bits per heavy atom. The van der Waals surface area contributed by atoms with Gasteiger partial charge < -0.3 is 9.64 Å². The van der Waals surface area contributed by atoms with E-state index in [0.717, 1.165) is 49.2 Å². The van der Waals surface area contributed by atoms with E-state index in [-0.39, 0.29) is 5.91 Å². The van der Waals surface area contributed by atoms with Gasteiger partial charge in [0.25, 0.3) is 0 Å². The molecule has 0 saturated carbocycles. The number of carbonyl (C=O) groups excluding carboxylic acids is 1. The average Bonchev–Trinajstić information content (AvgIpc) is 2.71. The van der Waals surface area contributed by atoms with E-state index in [1.807, 2.05) is 41.3 Å². The highest BCUT2D eigenvalue weighted by molar-refractivity contribution is 6.30. The summed E-state index contributed by atoms with van der Waals surface area (Å²) < 4.78 is 5.65. The van der Waals surface area contributed by atoms with Gasteiger partial charge >= 0.3 is 0 Å². The van der Waals surface area contributed by atoms with Gasteiger partial charge in [-0.05, 0) is 29.8 Å². The maximum Gasteiger partial charge on any atom is 0.241 e. The number of anilines is 1. The van der Waals surface area contributed by atoms with Gasteiger partial charge in [-0.2, -0.15) is 0 Å². The van der Waals surface area contributed by atoms with Gasteiger partial charge in [0.2, 0.25) is 5.91 Å². The summed E-state index contributed by atoms with van der Waals surface area (Å²) in [5, 5.41) is 0.770. The van der Waals surface area contributed by atoms with Crippen molar-refractivity contribution < 1.29 is 9.53 Å². The lowest BCUT2D eigenvalue weighted by molar-refractivity contribution is -0.120. The molecule has 0 aliphatic carbocycles. The second-order valence-corrected chi connectivity index (χ2v) is 7.48. The Balaban J connectivity index is 1.29. The van der Waals surface area contributed by atoms with Crippen LogP contribution in [0.15, 0.2) is 48.5 Å². The molecule has 1 amide bonds. The molecule has 27 heavy (non-hydrogen) atoms. The molecule has 0 aromatic heterocycles. The van der Waals surface area contributed by atoms with Crippen LogP contribution < -0.4 is 9.64 Å². The van der Waals surface area contributed by atoms with E-state index >= 15 is 0 Å². The normalized spacial score (nSPS) is 18.0. The molecule has 2 heterocycles. The highest BCUT2D eigenvalue weighted by atomic mass is 35.5. The number of ether oxygens (including phenoxy) is 1. The molecule has 1 saturated heterocycles. The fourth-order valence-electron chi connectivity index (χ4n) is 3.66. The average molecular weight is 386 g/mol. The lowest BCUT2D eigenvalue weighted by Crippen LogP contribution is -2.50. The molecule has 0 spiro atoms. The molecule has 0 N–H and O–H groups in total. The van der Waals surface area contributed by atoms with Gasteiger partial charge in [-0.1, -0.05) is 35.9 Å². The number of fused-ring (bicyclic) bond motifs is 1. The van der Waals surface area contributed by atoms with Crippen LogP contribution in [0.2, 0.25) is 5.02 Å². The number of halogens is 1. The van der Waals surface area contributed by atoms with Crippen LogP contribution in [0.5, 0.6) is 5.75 Å². The van der Waals surface area contributed by atoms with Gasteiger partial charge in [0.1, 0.15) is 12.4 Å². The third kappa shape index (κ3) is 4.43. The van der Waals surface area contributed by atoms with Crippen LogP contribution in [0.3, 0.4) is 0 Å². The molecule has 2 aromatic rings. The predicted molar refractivity (Wildman–Crippen MR) is 107 cm³/mol. The molecule has 2 aromatic carbocycles. The van der Waals surface area contributed by atoms with E-state index in [2.05, 4.69) is 21.9 Å². The molecule has 2 aliphatic heterocycles. The van der Waals surface area contributed by atoms with Crippen LogP contribution in [0.25, 0.3) is 0 Å². The molecule has 142 valence electrons. The molecule has 5 nitrogen and oxygen atoms in total. The van der Waals surface area contributed by atoms with Crippen molar-refractivity contribution in [1.29, 1.82) is 0 Å². The fraction of sp³-hybridized carbons (Fsp3) is 0.381. The van der Waals surface area contributed by atoms with Crippen molar-refractivity contribution in [2.45, 2.75) is 6.54 Å². The van der Waals surface area contributed by atoms with E-state index in [0.29, 0.717) is 19.7 Å². The van der Waals surface area contributed by atoms with Crippen molar-refractivity contribution >= 4 is 23.2 Å². The Kier molecular flexibility index (Phi) is 5.62. The van der Waals surface area contributed by atoms with E-state index in [1.54, 1.807) is 0 Å². The summed E-state index contributed by atoms with van der Waals surface area (Å²) in [6.07, 6.45) is 0. The molecule has 0 radical (unpaired) electrons. The minimum absolute atomic E-state index is 0.150. The predicted octanol–water partition coefficient (Wildman–Crippen LogP) is 2.88. The third-order valence-electron chi connectivity index (χ3n) is 5.17. The molecular formula is C21H24ClN3O2. The number of para-hydroxylation sites is 2. The van der Waals surface area contributed by atoms with Crippen molar-refractivity contribution in [2.24, 2.45) is 0 Å². The largest absolute Gasteiger partial charge is 0.490 e. The second-order valence-electron chi connectivity index (χ2n) is 7.04. The topological polar surface area (TPSA) is 36.0 Å². The zero-order valence-corrected chi connectivity index (χ0v) is 16.1. The zero-order chi connectivity index (χ0) is 18.6. The van der Waals surface area contributed by atoms with Crippen LogP contribution in [0.1, 0.15) is 5.56 Å². The van der Waals surface area contributed by atoms with Crippen LogP contribution in [-0.2, 0) is 11.3 Å². The molecule has 1 fully saturated rings. The number of benzene rings is 2. The maximum absolute atomic E-state index is 12.8. The Hall–Kier alpha value is -2.08. The van der Waals surface area contributed by atoms with E-state index < -0.39 is 0 Å². The van der Waals surface area contributed by atoms with Crippen molar-refractivity contribution in [2.75, 3.05) is 50.8 Å². The Bertz CT molecular complexity index is 788. The van der Waals surface area contributed by atoms with Crippen molar-refractivity contribution in [3.63, 3.8) is 0 Å². The SMILES string of the molecule is O=C(CN1CCN(Cc2ccc(Cl)cc2)CC1)N1CCOc2ccccc21. The van der Waals surface area contributed by atoms with Gasteiger partial charge in [0, 0.05) is 37.7 Å². The molecule has 6 heteroatoms. The summed E-state index contributed by atoms with van der Waals surface area (Å²) in [6.45, 7) is 6.31. The maximum atomic E-state index is 12.8. The lowest BCUT2D eigenvalue weighted by Gasteiger charge is -2.36. The summed E-state index contributed by atoms with van der Waals surface area (Å²) in [6, 6.07) is 15.8. The highest BCUT2D eigenvalue weighted by Gasteiger charge is 2.26. The van der Waals surface area contributed by atoms with E-state index in [4.69, 9.17) is 16.3 Å². The zero-order valence-electron chi connectivity index (χ0n) is 15.3. The van der Waals surface area contributed by atoms with Gasteiger partial charge in [-0.3, -0.25) is 14.6 Å². The number of hydrogen-bond donors (Lipinski definition) is 0. The molecule has 2 aliphatic rings. The Morgan fingerprint density at radius 1 is 0.926 bits per heavy atom. The van der Waals surface area contributed by atoms with Crippen molar-refractivity contribution in [1.82, 2.24) is 9.80 Å². The minimum Gasteiger partial charge on any atom is -0.490 e. The quantitative estimate of drug-likeness (QED) is 0.810. The summed E-state index contributed by atoms with van der Waals surface area (Å²) in [5.41, 5.74) is 2.16. The smallest absolute Gasteiger partial charge is 0.241 e. The lowest BCUT2D eigenvalue weighted by atomic mass is 10.2. The van der Waals surface area contributed by atoms with Crippen LogP contribution in [0, 0.1) is 0 Å². The number of carbonyl (C=O) groups is 1. The van der Waals surface area contributed by atoms with Crippen LogP contribution in [-0.4, -0.2) is 61.6 Å². The van der Waals surface area contributed by atoms with Gasteiger partial charge in [-0.15, -0.1) is 0 Å². The molecule has 0 atom stereocenters. The second kappa shape index (κ2) is 8.30. The minimum atomic E-state index is 0.150. The first kappa shape index (κ1) is 18.3. The molecule has 4 rings (SSSR count). The summed E-state index contributed by atoms with van der Waals surface area (Å²) >= 11 is 5.95. The molecule has 0 bridgehead atoms. The van der Waals surface area contributed by atoms with Crippen molar-refractivity contribution in [3.8, 4) is 5.75 Å². The Labute approximate surface area is 165 Å². The molecule has 0 unspecified atom stereocenters. The highest BCUT2D eigenvalue weighted by Crippen LogP contribution is 2.31.